The Kier molecular flexibility index (Phi) is 8.29. The second-order valence-corrected chi connectivity index (χ2v) is 11.3. The number of pyridine rings is 1. The van der Waals surface area contributed by atoms with Crippen molar-refractivity contribution in [2.75, 3.05) is 25.0 Å². The molecule has 38 heavy (non-hydrogen) atoms. The number of benzene rings is 2. The molecule has 2 fully saturated rings. The van der Waals surface area contributed by atoms with Gasteiger partial charge in [-0.25, -0.2) is 4.39 Å². The van der Waals surface area contributed by atoms with Gasteiger partial charge in [-0.3, -0.25) is 9.78 Å². The Morgan fingerprint density at radius 1 is 1.18 bits per heavy atom. The molecule has 3 aromatic rings. The van der Waals surface area contributed by atoms with Gasteiger partial charge >= 0.3 is 0 Å². The summed E-state index contributed by atoms with van der Waals surface area (Å²) in [7, 11) is 0. The fourth-order valence-corrected chi connectivity index (χ4v) is 6.21. The summed E-state index contributed by atoms with van der Waals surface area (Å²) in [5.74, 6) is 0.124. The number of anilines is 1. The summed E-state index contributed by atoms with van der Waals surface area (Å²) in [6, 6.07) is 9.33. The Morgan fingerprint density at radius 3 is 2.63 bits per heavy atom. The molecule has 0 amide bonds. The molecule has 1 aromatic heterocycles. The molecule has 6 nitrogen and oxygen atoms in total. The van der Waals surface area contributed by atoms with Crippen LogP contribution in [-0.2, 0) is 6.61 Å². The highest BCUT2D eigenvalue weighted by Gasteiger charge is 2.25. The molecular weight excluding hydrogens is 503 g/mol. The molecule has 2 heterocycles. The third-order valence-corrected chi connectivity index (χ3v) is 8.57. The largest absolute Gasteiger partial charge is 0.392 e. The molecule has 0 spiro atoms. The van der Waals surface area contributed by atoms with Crippen LogP contribution in [0.25, 0.3) is 22.0 Å². The van der Waals surface area contributed by atoms with Gasteiger partial charge < -0.3 is 21.1 Å². The van der Waals surface area contributed by atoms with Gasteiger partial charge in [0.15, 0.2) is 5.78 Å². The van der Waals surface area contributed by atoms with Crippen molar-refractivity contribution in [2.24, 2.45) is 11.7 Å². The van der Waals surface area contributed by atoms with Crippen LogP contribution in [0.1, 0.15) is 61.4 Å². The minimum absolute atomic E-state index is 0.0498. The van der Waals surface area contributed by atoms with Crippen molar-refractivity contribution in [1.82, 2.24) is 9.88 Å². The van der Waals surface area contributed by atoms with Crippen molar-refractivity contribution in [3.8, 4) is 11.1 Å². The lowest BCUT2D eigenvalue weighted by molar-refractivity contribution is 0.101. The Bertz CT molecular complexity index is 1300. The number of carbonyl (C=O) groups excluding carboxylic acids is 1. The Morgan fingerprint density at radius 2 is 1.97 bits per heavy atom. The highest BCUT2D eigenvalue weighted by molar-refractivity contribution is 6.31. The predicted molar refractivity (Wildman–Crippen MR) is 151 cm³/mol. The molecule has 4 N–H and O–H groups in total. The Hall–Kier alpha value is -2.58. The smallest absolute Gasteiger partial charge is 0.163 e. The van der Waals surface area contributed by atoms with E-state index in [0.29, 0.717) is 17.2 Å². The molecule has 8 heteroatoms. The molecule has 2 aliphatic rings. The van der Waals surface area contributed by atoms with Crippen molar-refractivity contribution >= 4 is 34.0 Å². The van der Waals surface area contributed by atoms with Gasteiger partial charge in [-0.05, 0) is 99.8 Å². The number of likely N-dealkylation sites (tertiary alicyclic amines) is 1. The third kappa shape index (κ3) is 5.86. The normalized spacial score (nSPS) is 22.2. The van der Waals surface area contributed by atoms with Crippen molar-refractivity contribution in [1.29, 1.82) is 0 Å². The average molecular weight is 539 g/mol. The Balaban J connectivity index is 1.36. The van der Waals surface area contributed by atoms with Crippen molar-refractivity contribution in [3.63, 3.8) is 0 Å². The van der Waals surface area contributed by atoms with E-state index in [2.05, 4.69) is 15.2 Å². The van der Waals surface area contributed by atoms with Gasteiger partial charge in [0.05, 0.1) is 23.4 Å². The topological polar surface area (TPSA) is 91.5 Å². The van der Waals surface area contributed by atoms with Crippen LogP contribution in [-0.4, -0.2) is 52.5 Å². The van der Waals surface area contributed by atoms with Gasteiger partial charge in [0.1, 0.15) is 5.82 Å². The van der Waals surface area contributed by atoms with Crippen LogP contribution in [0.15, 0.2) is 36.5 Å². The summed E-state index contributed by atoms with van der Waals surface area (Å²) >= 11 is 6.23. The zero-order valence-corrected chi connectivity index (χ0v) is 22.6. The van der Waals surface area contributed by atoms with Gasteiger partial charge in [0, 0.05) is 40.8 Å². The van der Waals surface area contributed by atoms with Crippen LogP contribution >= 0.6 is 11.6 Å². The quantitative estimate of drug-likeness (QED) is 0.315. The maximum Gasteiger partial charge on any atom is 0.163 e. The van der Waals surface area contributed by atoms with Gasteiger partial charge in [-0.1, -0.05) is 17.7 Å². The lowest BCUT2D eigenvalue weighted by Gasteiger charge is -2.31. The van der Waals surface area contributed by atoms with Crippen LogP contribution in [0.2, 0.25) is 5.02 Å². The monoisotopic (exact) mass is 538 g/mol. The molecule has 0 radical (unpaired) electrons. The first-order chi connectivity index (χ1) is 18.3. The van der Waals surface area contributed by atoms with Gasteiger partial charge in [-0.15, -0.1) is 0 Å². The van der Waals surface area contributed by atoms with Crippen LogP contribution in [0.5, 0.6) is 0 Å². The first-order valence-electron chi connectivity index (χ1n) is 13.6. The fraction of sp³-hybridized carbons (Fsp3) is 0.467. The summed E-state index contributed by atoms with van der Waals surface area (Å²) in [6.07, 6.45) is 8.39. The van der Waals surface area contributed by atoms with E-state index in [1.807, 2.05) is 18.2 Å². The maximum absolute atomic E-state index is 14.5. The first-order valence-corrected chi connectivity index (χ1v) is 14.0. The van der Waals surface area contributed by atoms with Crippen molar-refractivity contribution < 1.29 is 14.3 Å². The number of nitrogens with one attached hydrogen (secondary N) is 1. The maximum atomic E-state index is 14.5. The number of aromatic nitrogens is 1. The van der Waals surface area contributed by atoms with E-state index in [4.69, 9.17) is 17.3 Å². The summed E-state index contributed by atoms with van der Waals surface area (Å²) in [4.78, 5) is 19.6. The molecule has 1 saturated carbocycles. The van der Waals surface area contributed by atoms with Crippen LogP contribution in [0.4, 0.5) is 10.1 Å². The molecule has 1 aliphatic heterocycles. The number of nitrogens with zero attached hydrogens (tertiary/aromatic N) is 2. The highest BCUT2D eigenvalue weighted by atomic mass is 35.5. The predicted octanol–water partition coefficient (Wildman–Crippen LogP) is 5.78. The molecule has 0 bridgehead atoms. The Labute approximate surface area is 228 Å². The average Bonchev–Trinajstić information content (AvgIpc) is 3.32. The number of fused-ring (bicyclic) bond motifs is 1. The fourth-order valence-electron chi connectivity index (χ4n) is 5.95. The van der Waals surface area contributed by atoms with Crippen LogP contribution in [0.3, 0.4) is 0 Å². The molecule has 1 saturated heterocycles. The first kappa shape index (κ1) is 27.0. The SMILES string of the molecule is CC(=O)c1cnc2ccc(-c3cc(F)c(CO)c(Cl)c3)cc2c1NC1CCC(CCN2CCC(N)C2)CC1. The van der Waals surface area contributed by atoms with Crippen LogP contribution in [0, 0.1) is 11.7 Å². The van der Waals surface area contributed by atoms with Gasteiger partial charge in [0.2, 0.25) is 0 Å². The molecule has 2 aromatic carbocycles. The standard InChI is InChI=1S/C30H36ClFN4O2/c1-18(38)25-15-34-29-7-4-20(21-13-27(31)26(17-37)28(32)14-21)12-24(29)30(25)35-23-5-2-19(3-6-23)8-10-36-11-9-22(33)16-36/h4,7,12-15,19,22-23,37H,2-3,5-6,8-11,16-17,33H2,1H3,(H,34,35). The second-order valence-electron chi connectivity index (χ2n) is 10.9. The van der Waals surface area contributed by atoms with E-state index in [-0.39, 0.29) is 22.4 Å². The summed E-state index contributed by atoms with van der Waals surface area (Å²) < 4.78 is 14.5. The summed E-state index contributed by atoms with van der Waals surface area (Å²) in [5.41, 5.74) is 9.61. The van der Waals surface area contributed by atoms with E-state index >= 15 is 0 Å². The second kappa shape index (κ2) is 11.7. The highest BCUT2D eigenvalue weighted by Crippen LogP contribution is 2.36. The van der Waals surface area contributed by atoms with E-state index in [9.17, 15) is 14.3 Å². The number of hydrogen-bond donors (Lipinski definition) is 3. The molecular formula is C30H36ClFN4O2. The number of nitrogens with two attached hydrogens (primary N) is 1. The zero-order chi connectivity index (χ0) is 26.8. The lowest BCUT2D eigenvalue weighted by atomic mass is 9.83. The van der Waals surface area contributed by atoms with E-state index < -0.39 is 12.4 Å². The van der Waals surface area contributed by atoms with Gasteiger partial charge in [0.25, 0.3) is 0 Å². The van der Waals surface area contributed by atoms with E-state index in [0.717, 1.165) is 79.8 Å². The number of Topliss-reactive ketones (excluding diaryl/α,β-unsaturated/α-hetero) is 1. The zero-order valence-electron chi connectivity index (χ0n) is 21.9. The number of rotatable bonds is 8. The molecule has 1 unspecified atom stereocenters. The third-order valence-electron chi connectivity index (χ3n) is 8.24. The van der Waals surface area contributed by atoms with E-state index in [1.54, 1.807) is 19.2 Å². The minimum atomic E-state index is -0.548. The number of ketones is 1. The number of hydrogen-bond acceptors (Lipinski definition) is 6. The number of carbonyl (C=O) groups is 1. The number of aliphatic hydroxyl groups is 1. The number of aliphatic hydroxyl groups excluding tert-OH is 1. The minimum Gasteiger partial charge on any atom is -0.392 e. The van der Waals surface area contributed by atoms with Gasteiger partial charge in [-0.2, -0.15) is 0 Å². The summed E-state index contributed by atoms with van der Waals surface area (Å²) in [5, 5.41) is 14.1. The molecule has 1 atom stereocenters. The lowest BCUT2D eigenvalue weighted by Crippen LogP contribution is -2.30. The van der Waals surface area contributed by atoms with Crippen molar-refractivity contribution in [2.45, 2.75) is 64.1 Å². The van der Waals surface area contributed by atoms with Crippen molar-refractivity contribution in [3.05, 3.63) is 58.5 Å². The summed E-state index contributed by atoms with van der Waals surface area (Å²) in [6.45, 7) is 4.37. The van der Waals surface area contributed by atoms with E-state index in [1.165, 1.54) is 12.5 Å². The molecule has 5 rings (SSSR count). The number of halogens is 2. The molecule has 202 valence electrons. The van der Waals surface area contributed by atoms with Crippen LogP contribution < -0.4 is 11.1 Å². The molecule has 1 aliphatic carbocycles.